The van der Waals surface area contributed by atoms with Crippen LogP contribution < -0.4 is 4.74 Å². The summed E-state index contributed by atoms with van der Waals surface area (Å²) in [5.41, 5.74) is 0.744. The van der Waals surface area contributed by atoms with Crippen molar-refractivity contribution < 1.29 is 9.53 Å². The van der Waals surface area contributed by atoms with Crippen LogP contribution in [0, 0.1) is 11.8 Å². The Labute approximate surface area is 98.8 Å². The maximum Gasteiger partial charge on any atom is 0.316 e. The summed E-state index contributed by atoms with van der Waals surface area (Å²) >= 11 is 1.28. The number of carbonyl (C=O) groups excluding carboxylic acids is 1. The summed E-state index contributed by atoms with van der Waals surface area (Å²) in [5.74, 6) is 6.59. The zero-order chi connectivity index (χ0) is 11.8. The lowest BCUT2D eigenvalue weighted by atomic mass is 10.3. The second-order valence-electron chi connectivity index (χ2n) is 2.85. The second-order valence-corrected chi connectivity index (χ2v) is 4.12. The fraction of sp³-hybridized carbons (Fsp3) is 0.364. The predicted octanol–water partition coefficient (Wildman–Crippen LogP) is 1.51. The topological polar surface area (TPSA) is 52.1 Å². The van der Waals surface area contributed by atoms with E-state index in [0.29, 0.717) is 12.4 Å². The fourth-order valence-corrected chi connectivity index (χ4v) is 1.39. The van der Waals surface area contributed by atoms with Crippen molar-refractivity contribution in [3.63, 3.8) is 0 Å². The van der Waals surface area contributed by atoms with Gasteiger partial charge in [0, 0.05) is 31.5 Å². The number of nitrogens with zero attached hydrogens (tertiary/aromatic N) is 2. The molecule has 0 saturated carbocycles. The molecule has 0 N–H and O–H groups in total. The first-order chi connectivity index (χ1) is 7.72. The average Bonchev–Trinajstić information content (AvgIpc) is 2.29. The van der Waals surface area contributed by atoms with Crippen molar-refractivity contribution in [2.24, 2.45) is 0 Å². The zero-order valence-corrected chi connectivity index (χ0v) is 10.0. The first-order valence-corrected chi connectivity index (χ1v) is 5.69. The highest BCUT2D eigenvalue weighted by Crippen LogP contribution is 2.03. The molecule has 1 aromatic rings. The number of rotatable bonds is 3. The molecule has 0 amide bonds. The molecule has 4 nitrogen and oxygen atoms in total. The Hall–Kier alpha value is -1.54. The van der Waals surface area contributed by atoms with Crippen LogP contribution in [-0.2, 0) is 4.79 Å². The van der Waals surface area contributed by atoms with Crippen LogP contribution in [0.1, 0.15) is 18.9 Å². The van der Waals surface area contributed by atoms with Gasteiger partial charge in [0.05, 0.1) is 12.7 Å². The minimum absolute atomic E-state index is 0.120. The molecular formula is C11H12N2O2S. The Bertz CT molecular complexity index is 406. The van der Waals surface area contributed by atoms with E-state index in [0.717, 1.165) is 11.3 Å². The highest BCUT2D eigenvalue weighted by molar-refractivity contribution is 8.13. The molecule has 16 heavy (non-hydrogen) atoms. The van der Waals surface area contributed by atoms with E-state index in [1.807, 2.05) is 0 Å². The maximum absolute atomic E-state index is 10.6. The van der Waals surface area contributed by atoms with Gasteiger partial charge in [0.1, 0.15) is 0 Å². The van der Waals surface area contributed by atoms with Crippen LogP contribution in [0.25, 0.3) is 0 Å². The average molecular weight is 236 g/mol. The minimum Gasteiger partial charge on any atom is -0.467 e. The molecule has 0 aliphatic carbocycles. The predicted molar refractivity (Wildman–Crippen MR) is 63.2 cm³/mol. The first kappa shape index (κ1) is 12.5. The summed E-state index contributed by atoms with van der Waals surface area (Å²) in [6.45, 7) is 1.55. The van der Waals surface area contributed by atoms with E-state index in [4.69, 9.17) is 4.74 Å². The van der Waals surface area contributed by atoms with E-state index in [9.17, 15) is 4.79 Å². The highest BCUT2D eigenvalue weighted by atomic mass is 32.2. The van der Waals surface area contributed by atoms with E-state index < -0.39 is 0 Å². The minimum atomic E-state index is 0.120. The van der Waals surface area contributed by atoms with Crippen molar-refractivity contribution in [3.8, 4) is 17.9 Å². The largest absolute Gasteiger partial charge is 0.467 e. The summed E-state index contributed by atoms with van der Waals surface area (Å²) in [7, 11) is 1.51. The molecule has 0 fully saturated rings. The molecule has 0 aliphatic rings. The van der Waals surface area contributed by atoms with Crippen molar-refractivity contribution in [2.45, 2.75) is 13.3 Å². The van der Waals surface area contributed by atoms with Crippen LogP contribution in [-0.4, -0.2) is 27.9 Å². The molecule has 1 aromatic heterocycles. The van der Waals surface area contributed by atoms with Gasteiger partial charge in [-0.15, -0.1) is 0 Å². The van der Waals surface area contributed by atoms with Crippen LogP contribution in [0.15, 0.2) is 12.4 Å². The van der Waals surface area contributed by atoms with Crippen LogP contribution in [0.3, 0.4) is 0 Å². The molecule has 1 rings (SSSR count). The SMILES string of the molecule is COc1ncc(C#CCCSC(C)=O)cn1. The Morgan fingerprint density at radius 1 is 1.50 bits per heavy atom. The van der Waals surface area contributed by atoms with Gasteiger partial charge in [-0.3, -0.25) is 4.79 Å². The molecule has 0 bridgehead atoms. The Morgan fingerprint density at radius 3 is 2.75 bits per heavy atom. The van der Waals surface area contributed by atoms with Gasteiger partial charge in [-0.1, -0.05) is 23.6 Å². The fourth-order valence-electron chi connectivity index (χ4n) is 0.897. The van der Waals surface area contributed by atoms with Crippen LogP contribution in [0.2, 0.25) is 0 Å². The third-order valence-electron chi connectivity index (χ3n) is 1.58. The molecule has 0 saturated heterocycles. The summed E-state index contributed by atoms with van der Waals surface area (Å²) in [4.78, 5) is 18.5. The second kappa shape index (κ2) is 6.85. The highest BCUT2D eigenvalue weighted by Gasteiger charge is 1.93. The van der Waals surface area contributed by atoms with E-state index >= 15 is 0 Å². The number of hydrogen-bond donors (Lipinski definition) is 0. The van der Waals surface area contributed by atoms with Gasteiger partial charge in [-0.2, -0.15) is 0 Å². The monoisotopic (exact) mass is 236 g/mol. The molecule has 0 unspecified atom stereocenters. The molecule has 5 heteroatoms. The van der Waals surface area contributed by atoms with Crippen molar-refractivity contribution in [1.82, 2.24) is 9.97 Å². The Morgan fingerprint density at radius 2 is 2.19 bits per heavy atom. The molecular weight excluding hydrogens is 224 g/mol. The summed E-state index contributed by atoms with van der Waals surface area (Å²) in [6.07, 6.45) is 3.89. The number of methoxy groups -OCH3 is 1. The molecule has 0 radical (unpaired) electrons. The van der Waals surface area contributed by atoms with Gasteiger partial charge >= 0.3 is 6.01 Å². The van der Waals surface area contributed by atoms with E-state index in [2.05, 4.69) is 21.8 Å². The number of thioether (sulfide) groups is 1. The first-order valence-electron chi connectivity index (χ1n) is 4.70. The standard InChI is InChI=1S/C11H12N2O2S/c1-9(14)16-6-4-3-5-10-7-12-11(15-2)13-8-10/h7-8H,4,6H2,1-2H3. The lowest BCUT2D eigenvalue weighted by molar-refractivity contribution is -0.109. The van der Waals surface area contributed by atoms with E-state index in [1.54, 1.807) is 19.3 Å². The van der Waals surface area contributed by atoms with Gasteiger partial charge in [-0.05, 0) is 0 Å². The molecule has 0 aromatic carbocycles. The zero-order valence-electron chi connectivity index (χ0n) is 9.19. The van der Waals surface area contributed by atoms with E-state index in [1.165, 1.54) is 18.9 Å². The molecule has 0 atom stereocenters. The van der Waals surface area contributed by atoms with Gasteiger partial charge in [0.25, 0.3) is 0 Å². The molecule has 84 valence electrons. The number of carbonyl (C=O) groups is 1. The van der Waals surface area contributed by atoms with Gasteiger partial charge < -0.3 is 4.74 Å². The van der Waals surface area contributed by atoms with E-state index in [-0.39, 0.29) is 5.12 Å². The quantitative estimate of drug-likeness (QED) is 0.588. The molecule has 1 heterocycles. The van der Waals surface area contributed by atoms with Crippen molar-refractivity contribution >= 4 is 16.9 Å². The summed E-state index contributed by atoms with van der Waals surface area (Å²) < 4.78 is 4.83. The summed E-state index contributed by atoms with van der Waals surface area (Å²) in [6, 6.07) is 0.331. The maximum atomic E-state index is 10.6. The lowest BCUT2D eigenvalue weighted by Gasteiger charge is -1.94. The summed E-state index contributed by atoms with van der Waals surface area (Å²) in [5, 5.41) is 0.120. The number of aromatic nitrogens is 2. The third kappa shape index (κ3) is 4.80. The third-order valence-corrected chi connectivity index (χ3v) is 2.39. The van der Waals surface area contributed by atoms with Crippen molar-refractivity contribution in [3.05, 3.63) is 18.0 Å². The van der Waals surface area contributed by atoms with Crippen molar-refractivity contribution in [2.75, 3.05) is 12.9 Å². The normalized spacial score (nSPS) is 9.12. The Kier molecular flexibility index (Phi) is 5.37. The van der Waals surface area contributed by atoms with Crippen LogP contribution >= 0.6 is 11.8 Å². The number of hydrogen-bond acceptors (Lipinski definition) is 5. The van der Waals surface area contributed by atoms with Gasteiger partial charge in [-0.25, -0.2) is 9.97 Å². The van der Waals surface area contributed by atoms with Crippen molar-refractivity contribution in [1.29, 1.82) is 0 Å². The van der Waals surface area contributed by atoms with Gasteiger partial charge in [0.15, 0.2) is 5.12 Å². The lowest BCUT2D eigenvalue weighted by Crippen LogP contribution is -1.91. The molecule has 0 spiro atoms. The Balaban J connectivity index is 2.41. The van der Waals surface area contributed by atoms with Gasteiger partial charge in [0.2, 0.25) is 0 Å². The van der Waals surface area contributed by atoms with Crippen LogP contribution in [0.4, 0.5) is 0 Å². The molecule has 0 aliphatic heterocycles. The smallest absolute Gasteiger partial charge is 0.316 e. The van der Waals surface area contributed by atoms with Crippen LogP contribution in [0.5, 0.6) is 6.01 Å². The number of ether oxygens (including phenoxy) is 1.